The van der Waals surface area contributed by atoms with Crippen LogP contribution in [-0.4, -0.2) is 23.2 Å². The molecule has 1 unspecified atom stereocenters. The van der Waals surface area contributed by atoms with Crippen molar-refractivity contribution < 1.29 is 4.74 Å². The smallest absolute Gasteiger partial charge is 0.282 e. The van der Waals surface area contributed by atoms with Gasteiger partial charge in [-0.15, -0.1) is 0 Å². The zero-order valence-corrected chi connectivity index (χ0v) is 11.7. The Labute approximate surface area is 123 Å². The molecule has 0 saturated heterocycles. The van der Waals surface area contributed by atoms with E-state index in [1.165, 1.54) is 22.3 Å². The molecule has 1 aromatic carbocycles. The molecule has 0 fully saturated rings. The van der Waals surface area contributed by atoms with Crippen molar-refractivity contribution in [2.45, 2.75) is 24.9 Å². The number of nitrogens with zero attached hydrogens (tertiary/aromatic N) is 2. The summed E-state index contributed by atoms with van der Waals surface area (Å²) in [4.78, 5) is 8.33. The first-order chi connectivity index (χ1) is 10.3. The van der Waals surface area contributed by atoms with Crippen molar-refractivity contribution in [2.75, 3.05) is 6.54 Å². The van der Waals surface area contributed by atoms with Crippen molar-refractivity contribution in [1.29, 1.82) is 0 Å². The van der Waals surface area contributed by atoms with E-state index in [9.17, 15) is 0 Å². The fourth-order valence-corrected chi connectivity index (χ4v) is 3.42. The molecular formula is C17H17N3O. The van der Waals surface area contributed by atoms with Crippen molar-refractivity contribution >= 4 is 6.02 Å². The number of hydrogen-bond donors (Lipinski definition) is 1. The summed E-state index contributed by atoms with van der Waals surface area (Å²) in [7, 11) is 0. The van der Waals surface area contributed by atoms with E-state index < -0.39 is 0 Å². The summed E-state index contributed by atoms with van der Waals surface area (Å²) in [5.41, 5.74) is 10.8. The van der Waals surface area contributed by atoms with Gasteiger partial charge in [0.25, 0.3) is 6.02 Å². The van der Waals surface area contributed by atoms with E-state index in [0.29, 0.717) is 12.6 Å². The highest BCUT2D eigenvalue weighted by atomic mass is 16.5. The molecule has 21 heavy (non-hydrogen) atoms. The Morgan fingerprint density at radius 3 is 2.76 bits per heavy atom. The van der Waals surface area contributed by atoms with Crippen LogP contribution in [0, 0.1) is 0 Å². The normalized spacial score (nSPS) is 23.5. The van der Waals surface area contributed by atoms with Crippen molar-refractivity contribution in [3.63, 3.8) is 0 Å². The molecule has 4 nitrogen and oxygen atoms in total. The van der Waals surface area contributed by atoms with Crippen LogP contribution in [0.5, 0.6) is 0 Å². The van der Waals surface area contributed by atoms with Crippen molar-refractivity contribution in [2.24, 2.45) is 10.7 Å². The number of ether oxygens (including phenoxy) is 1. The Morgan fingerprint density at radius 1 is 1.14 bits per heavy atom. The molecule has 1 aliphatic heterocycles. The van der Waals surface area contributed by atoms with Gasteiger partial charge in [-0.3, -0.25) is 4.98 Å². The van der Waals surface area contributed by atoms with Gasteiger partial charge in [0, 0.05) is 18.8 Å². The molecule has 4 heteroatoms. The van der Waals surface area contributed by atoms with Crippen molar-refractivity contribution in [3.8, 4) is 11.1 Å². The molecule has 1 aromatic heterocycles. The molecule has 2 aliphatic rings. The van der Waals surface area contributed by atoms with Crippen LogP contribution in [-0.2, 0) is 17.6 Å². The molecule has 4 rings (SSSR count). The number of aliphatic imine (C=N–C) groups is 1. The number of fused-ring (bicyclic) bond motifs is 1. The third kappa shape index (κ3) is 2.07. The maximum absolute atomic E-state index is 5.81. The van der Waals surface area contributed by atoms with Gasteiger partial charge in [-0.2, -0.15) is 0 Å². The third-order valence-electron chi connectivity index (χ3n) is 4.45. The Morgan fingerprint density at radius 2 is 2.00 bits per heavy atom. The fraction of sp³-hybridized carbons (Fsp3) is 0.294. The maximum Gasteiger partial charge on any atom is 0.282 e. The molecule has 2 heterocycles. The Hall–Kier alpha value is -2.36. The quantitative estimate of drug-likeness (QED) is 0.871. The number of nitrogens with two attached hydrogens (primary N) is 1. The summed E-state index contributed by atoms with van der Waals surface area (Å²) in [6, 6.07) is 11.0. The Kier molecular flexibility index (Phi) is 2.70. The van der Waals surface area contributed by atoms with Gasteiger partial charge in [-0.1, -0.05) is 18.2 Å². The molecule has 2 N–H and O–H groups in total. The summed E-state index contributed by atoms with van der Waals surface area (Å²) in [5.74, 6) is 0. The molecule has 0 bridgehead atoms. The van der Waals surface area contributed by atoms with E-state index in [1.54, 1.807) is 0 Å². The molecule has 1 atom stereocenters. The van der Waals surface area contributed by atoms with Crippen LogP contribution in [0.1, 0.15) is 17.5 Å². The second-order valence-electron chi connectivity index (χ2n) is 5.80. The Balaban J connectivity index is 1.72. The lowest BCUT2D eigenvalue weighted by Gasteiger charge is -2.34. The average Bonchev–Trinajstić information content (AvgIpc) is 2.88. The van der Waals surface area contributed by atoms with Crippen LogP contribution < -0.4 is 5.73 Å². The van der Waals surface area contributed by atoms with Crippen LogP contribution in [0.3, 0.4) is 0 Å². The minimum Gasteiger partial charge on any atom is -0.456 e. The zero-order chi connectivity index (χ0) is 14.3. The lowest BCUT2D eigenvalue weighted by molar-refractivity contribution is 0.0704. The van der Waals surface area contributed by atoms with E-state index in [1.807, 2.05) is 12.4 Å². The predicted molar refractivity (Wildman–Crippen MR) is 82.0 cm³/mol. The molecule has 2 aromatic rings. The SMILES string of the molecule is NC1=NCC2(CCc3c(cccc3-c3ccncc3)C2)O1. The van der Waals surface area contributed by atoms with Gasteiger partial charge >= 0.3 is 0 Å². The third-order valence-corrected chi connectivity index (χ3v) is 4.45. The minimum absolute atomic E-state index is 0.214. The first kappa shape index (κ1) is 12.4. The zero-order valence-electron chi connectivity index (χ0n) is 11.7. The van der Waals surface area contributed by atoms with Crippen LogP contribution in [0.4, 0.5) is 0 Å². The van der Waals surface area contributed by atoms with Gasteiger partial charge in [0.15, 0.2) is 0 Å². The van der Waals surface area contributed by atoms with Gasteiger partial charge in [0.2, 0.25) is 0 Å². The number of rotatable bonds is 1. The minimum atomic E-state index is -0.214. The number of amidine groups is 1. The highest BCUT2D eigenvalue weighted by Gasteiger charge is 2.40. The van der Waals surface area contributed by atoms with Gasteiger partial charge in [0.05, 0.1) is 6.54 Å². The van der Waals surface area contributed by atoms with Gasteiger partial charge in [0.1, 0.15) is 5.60 Å². The van der Waals surface area contributed by atoms with Crippen LogP contribution in [0.2, 0.25) is 0 Å². The van der Waals surface area contributed by atoms with Crippen LogP contribution >= 0.6 is 0 Å². The summed E-state index contributed by atoms with van der Waals surface area (Å²) >= 11 is 0. The van der Waals surface area contributed by atoms with Crippen LogP contribution in [0.15, 0.2) is 47.7 Å². The maximum atomic E-state index is 5.81. The van der Waals surface area contributed by atoms with Crippen molar-refractivity contribution in [1.82, 2.24) is 4.98 Å². The average molecular weight is 279 g/mol. The summed E-state index contributed by atoms with van der Waals surface area (Å²) in [6.45, 7) is 0.678. The molecule has 0 amide bonds. The largest absolute Gasteiger partial charge is 0.456 e. The molecule has 106 valence electrons. The second kappa shape index (κ2) is 4.58. The first-order valence-corrected chi connectivity index (χ1v) is 7.26. The number of pyridine rings is 1. The lowest BCUT2D eigenvalue weighted by Crippen LogP contribution is -2.40. The highest BCUT2D eigenvalue weighted by Crippen LogP contribution is 2.38. The summed E-state index contributed by atoms with van der Waals surface area (Å²) < 4.78 is 5.81. The fourth-order valence-electron chi connectivity index (χ4n) is 3.42. The predicted octanol–water partition coefficient (Wildman–Crippen LogP) is 2.32. The van der Waals surface area contributed by atoms with E-state index in [2.05, 4.69) is 40.3 Å². The molecular weight excluding hydrogens is 262 g/mol. The van der Waals surface area contributed by atoms with Crippen LogP contribution in [0.25, 0.3) is 11.1 Å². The number of benzene rings is 1. The van der Waals surface area contributed by atoms with E-state index in [-0.39, 0.29) is 5.60 Å². The van der Waals surface area contributed by atoms with E-state index in [4.69, 9.17) is 10.5 Å². The lowest BCUT2D eigenvalue weighted by atomic mass is 9.78. The number of aromatic nitrogens is 1. The van der Waals surface area contributed by atoms with Gasteiger partial charge in [-0.05, 0) is 47.2 Å². The Bertz CT molecular complexity index is 711. The first-order valence-electron chi connectivity index (χ1n) is 7.26. The summed E-state index contributed by atoms with van der Waals surface area (Å²) in [5, 5.41) is 0. The standard InChI is InChI=1S/C17H17N3O/c18-16-20-11-17(21-16)7-4-15-13(10-17)2-1-3-14(15)12-5-8-19-9-6-12/h1-3,5-6,8-9H,4,7,10-11H2,(H2,18,20). The molecule has 1 spiro atoms. The van der Waals surface area contributed by atoms with E-state index in [0.717, 1.165) is 19.3 Å². The molecule has 0 saturated carbocycles. The summed E-state index contributed by atoms with van der Waals surface area (Å²) in [6.07, 6.45) is 6.52. The highest BCUT2D eigenvalue weighted by molar-refractivity contribution is 5.74. The van der Waals surface area contributed by atoms with Gasteiger partial charge < -0.3 is 10.5 Å². The van der Waals surface area contributed by atoms with Crippen molar-refractivity contribution in [3.05, 3.63) is 53.9 Å². The topological polar surface area (TPSA) is 60.5 Å². The van der Waals surface area contributed by atoms with Gasteiger partial charge in [-0.25, -0.2) is 4.99 Å². The van der Waals surface area contributed by atoms with E-state index >= 15 is 0 Å². The second-order valence-corrected chi connectivity index (χ2v) is 5.80. The molecule has 1 aliphatic carbocycles. The molecule has 0 radical (unpaired) electrons. The number of hydrogen-bond acceptors (Lipinski definition) is 4. The monoisotopic (exact) mass is 279 g/mol.